The summed E-state index contributed by atoms with van der Waals surface area (Å²) in [6.07, 6.45) is 9.13. The van der Waals surface area contributed by atoms with Crippen LogP contribution in [-0.2, 0) is 41.7 Å². The van der Waals surface area contributed by atoms with Crippen molar-refractivity contribution < 1.29 is 38.2 Å². The molecule has 0 saturated carbocycles. The largest absolute Gasteiger partial charge is 0.388 e. The number of amides is 8. The zero-order valence-corrected chi connectivity index (χ0v) is 48.6. The Balaban J connectivity index is 0.845. The van der Waals surface area contributed by atoms with E-state index in [0.717, 1.165) is 65.4 Å². The number of isocyanates is 2. The molecule has 10 aromatic rings. The molecule has 4 N–H and O–H groups in total. The van der Waals surface area contributed by atoms with Gasteiger partial charge in [-0.05, 0) is 209 Å². The highest BCUT2D eigenvalue weighted by Gasteiger charge is 2.26. The molecule has 0 aromatic heterocycles. The Morgan fingerprint density at radius 2 is 0.505 bits per heavy atom. The van der Waals surface area contributed by atoms with Gasteiger partial charge in [-0.1, -0.05) is 121 Å². The Bertz CT molecular complexity index is 4090. The fourth-order valence-electron chi connectivity index (χ4n) is 9.84. The molecule has 0 unspecified atom stereocenters. The number of nitriles is 2. The maximum absolute atomic E-state index is 14.3. The van der Waals surface area contributed by atoms with Crippen molar-refractivity contribution in [3.8, 4) is 24.0 Å². The van der Waals surface area contributed by atoms with Gasteiger partial charge in [0.1, 0.15) is 11.5 Å². The summed E-state index contributed by atoms with van der Waals surface area (Å²) in [7, 11) is 0. The average molecular weight is 1200 g/mol. The lowest BCUT2D eigenvalue weighted by Crippen LogP contribution is -2.42. The molecule has 0 saturated heterocycles. The third-order valence-corrected chi connectivity index (χ3v) is 14.5. The molecule has 91 heavy (non-hydrogen) atoms. The lowest BCUT2D eigenvalue weighted by atomic mass is 10.0. The normalized spacial score (nSPS) is 10.4. The van der Waals surface area contributed by atoms with Gasteiger partial charge in [-0.25, -0.2) is 38.6 Å². The second-order valence-corrected chi connectivity index (χ2v) is 20.8. The van der Waals surface area contributed by atoms with Crippen molar-refractivity contribution in [3.05, 3.63) is 298 Å². The highest BCUT2D eigenvalue weighted by molar-refractivity contribution is 6.22. The van der Waals surface area contributed by atoms with E-state index >= 15 is 0 Å². The predicted molar refractivity (Wildman–Crippen MR) is 348 cm³/mol. The molecule has 444 valence electrons. The molecule has 0 aliphatic rings. The number of urea groups is 4. The predicted octanol–water partition coefficient (Wildman–Crippen LogP) is 15.8. The molecule has 0 radical (unpaired) electrons. The van der Waals surface area contributed by atoms with Crippen LogP contribution < -0.4 is 40.5 Å². The van der Waals surface area contributed by atoms with Gasteiger partial charge in [-0.15, -0.1) is 10.5 Å². The van der Waals surface area contributed by atoms with Gasteiger partial charge in [-0.2, -0.15) is 9.98 Å². The van der Waals surface area contributed by atoms with Crippen LogP contribution in [0.4, 0.5) is 64.7 Å². The number of benzene rings is 10. The van der Waals surface area contributed by atoms with Crippen molar-refractivity contribution in [2.75, 3.05) is 31.1 Å². The van der Waals surface area contributed by atoms with Crippen LogP contribution in [-0.4, -0.2) is 36.3 Å². The minimum absolute atomic E-state index is 0.279. The van der Waals surface area contributed by atoms with Gasteiger partial charge in [-0.3, -0.25) is 0 Å². The molecule has 0 aliphatic carbocycles. The van der Waals surface area contributed by atoms with Crippen LogP contribution in [0.25, 0.3) is 0 Å². The maximum Gasteiger partial charge on any atom is 0.334 e. The summed E-state index contributed by atoms with van der Waals surface area (Å²) in [5.41, 5.74) is 12.8. The van der Waals surface area contributed by atoms with Gasteiger partial charge >= 0.3 is 24.1 Å². The zero-order valence-electron chi connectivity index (χ0n) is 48.6. The number of imide groups is 2. The van der Waals surface area contributed by atoms with E-state index in [1.165, 1.54) is 0 Å². The first-order valence-electron chi connectivity index (χ1n) is 28.5. The lowest BCUT2D eigenvalue weighted by molar-refractivity contribution is 0.245. The number of nitrogens with zero attached hydrogens (tertiary/aromatic N) is 6. The van der Waals surface area contributed by atoms with Gasteiger partial charge in [0.25, 0.3) is 12.5 Å². The van der Waals surface area contributed by atoms with Crippen LogP contribution in [0, 0.1) is 23.0 Å². The van der Waals surface area contributed by atoms with E-state index in [2.05, 4.69) is 31.3 Å². The summed E-state index contributed by atoms with van der Waals surface area (Å²) in [4.78, 5) is 87.9. The number of hydrogen-bond donors (Lipinski definition) is 4. The highest BCUT2D eigenvalue weighted by Crippen LogP contribution is 2.27. The molecule has 0 bridgehead atoms. The first kappa shape index (κ1) is 61.1. The second-order valence-electron chi connectivity index (χ2n) is 20.8. The molecule has 10 aromatic carbocycles. The summed E-state index contributed by atoms with van der Waals surface area (Å²) in [5.74, 6) is 0.879. The Kier molecular flexibility index (Phi) is 20.1. The number of ether oxygens (including phenoxy) is 2. The van der Waals surface area contributed by atoms with E-state index < -0.39 is 24.1 Å². The number of carbonyl (C=O) groups is 4. The van der Waals surface area contributed by atoms with E-state index in [0.29, 0.717) is 77.7 Å². The number of carbonyl (C=O) groups excluding carboxylic acids is 6. The topological polar surface area (TPSA) is 248 Å². The maximum atomic E-state index is 14.3. The minimum Gasteiger partial charge on any atom is -0.388 e. The van der Waals surface area contributed by atoms with Gasteiger partial charge < -0.3 is 30.7 Å². The second kappa shape index (κ2) is 29.9. The standard InChI is InChI=1S/C73H54N10O8/c74-46-90-68-37-17-58(18-38-68)43-54-9-29-64(30-10-54)80-72(88)82(70(86)78-62-25-5-52(6-26-62)41-50-1-21-60(22-2-50)76-48-84)66-33-13-56(14-34-66)45-57-15-35-67(36-16-57)83(71(87)79-63-27-7-53(8-28-63)42-51-3-23-61(24-4-51)77-49-85)73(89)81-65-31-11-55(12-32-65)44-59-19-39-69(40-20-59)91-47-75/h1-40H,41-45H2,(H,78,86)(H,79,87)(H,80,88)(H,81,89). The number of hydrogen-bond acceptors (Lipinski definition) is 12. The Labute approximate surface area is 523 Å². The fourth-order valence-corrected chi connectivity index (χ4v) is 9.84. The third kappa shape index (κ3) is 17.1. The highest BCUT2D eigenvalue weighted by atomic mass is 16.5. The molecule has 0 atom stereocenters. The van der Waals surface area contributed by atoms with Crippen LogP contribution in [0.5, 0.6) is 11.5 Å². The molecule has 0 spiro atoms. The van der Waals surface area contributed by atoms with Crippen molar-refractivity contribution in [3.63, 3.8) is 0 Å². The molecule has 8 amide bonds. The first-order valence-corrected chi connectivity index (χ1v) is 28.5. The Hall–Kier alpha value is -13.0. The van der Waals surface area contributed by atoms with Gasteiger partial charge in [0.2, 0.25) is 12.2 Å². The smallest absolute Gasteiger partial charge is 0.334 e. The quantitative estimate of drug-likeness (QED) is 0.0319. The Morgan fingerprint density at radius 1 is 0.308 bits per heavy atom. The number of nitrogens with one attached hydrogen (secondary N) is 4. The number of anilines is 6. The van der Waals surface area contributed by atoms with Crippen LogP contribution in [0.15, 0.2) is 253 Å². The summed E-state index contributed by atoms with van der Waals surface area (Å²) in [6, 6.07) is 68.8. The molecular weight excluding hydrogens is 1140 g/mol. The molecule has 0 fully saturated rings. The van der Waals surface area contributed by atoms with Gasteiger partial charge in [0.15, 0.2) is 0 Å². The van der Waals surface area contributed by atoms with E-state index in [4.69, 9.17) is 20.0 Å². The van der Waals surface area contributed by atoms with Crippen molar-refractivity contribution in [1.29, 1.82) is 10.5 Å². The molecule has 0 heterocycles. The SMILES string of the molecule is N#COc1ccc(Cc2ccc(NC(=O)N(C(=O)Nc3ccc(Cc4ccc(N=C=O)cc4)cc3)c3ccc(Cc4ccc(N(C(=O)Nc5ccc(Cc6ccc(N=C=O)cc6)cc5)C(=O)Nc5ccc(Cc6ccc(OC#N)cc6)cc5)cc4)cc3)cc2)cc1. The number of rotatable bonds is 20. The zero-order chi connectivity index (χ0) is 63.3. The van der Waals surface area contributed by atoms with Crippen molar-refractivity contribution in [1.82, 2.24) is 0 Å². The van der Waals surface area contributed by atoms with Gasteiger partial charge in [0, 0.05) is 22.7 Å². The van der Waals surface area contributed by atoms with Gasteiger partial charge in [0.05, 0.1) is 22.7 Å². The molecule has 10 rings (SSSR count). The monoisotopic (exact) mass is 1200 g/mol. The molecule has 18 heteroatoms. The average Bonchev–Trinajstić information content (AvgIpc) is 1.52. The van der Waals surface area contributed by atoms with Crippen LogP contribution >= 0.6 is 0 Å². The summed E-state index contributed by atoms with van der Waals surface area (Å²) >= 11 is 0. The van der Waals surface area contributed by atoms with Crippen LogP contribution in [0.3, 0.4) is 0 Å². The van der Waals surface area contributed by atoms with E-state index in [-0.39, 0.29) is 11.4 Å². The van der Waals surface area contributed by atoms with E-state index in [9.17, 15) is 28.8 Å². The summed E-state index contributed by atoms with van der Waals surface area (Å²) in [5, 5.41) is 29.2. The molecule has 0 aliphatic heterocycles. The first-order chi connectivity index (χ1) is 44.4. The van der Waals surface area contributed by atoms with E-state index in [1.807, 2.05) is 121 Å². The number of aliphatic imine (C=N–C) groups is 2. The molecular formula is C73H54N10O8. The molecule has 18 nitrogen and oxygen atoms in total. The fraction of sp³-hybridized carbons (Fsp3) is 0.0685. The summed E-state index contributed by atoms with van der Waals surface area (Å²) in [6.45, 7) is 0. The Morgan fingerprint density at radius 3 is 0.714 bits per heavy atom. The van der Waals surface area contributed by atoms with Crippen LogP contribution in [0.2, 0.25) is 0 Å². The van der Waals surface area contributed by atoms with Crippen molar-refractivity contribution in [2.24, 2.45) is 9.98 Å². The minimum atomic E-state index is -0.717. The summed E-state index contributed by atoms with van der Waals surface area (Å²) < 4.78 is 9.80. The van der Waals surface area contributed by atoms with Crippen molar-refractivity contribution >= 4 is 81.8 Å². The van der Waals surface area contributed by atoms with Crippen LogP contribution in [0.1, 0.15) is 55.6 Å². The third-order valence-electron chi connectivity index (χ3n) is 14.5. The van der Waals surface area contributed by atoms with Crippen molar-refractivity contribution in [2.45, 2.75) is 32.1 Å². The lowest BCUT2D eigenvalue weighted by Gasteiger charge is -2.23. The van der Waals surface area contributed by atoms with E-state index in [1.54, 1.807) is 146 Å².